The molecule has 12 nitrogen and oxygen atoms in total. The average molecular weight is 1540 g/mol. The number of nitrogens with zero attached hydrogens (tertiary/aromatic N) is 6. The van der Waals surface area contributed by atoms with E-state index in [1.54, 1.807) is 0 Å². The summed E-state index contributed by atoms with van der Waals surface area (Å²) < 4.78 is 37.1. The summed E-state index contributed by atoms with van der Waals surface area (Å²) in [5, 5.41) is 13.3. The van der Waals surface area contributed by atoms with E-state index >= 15 is 0 Å². The fraction of sp³-hybridized carbons (Fsp3) is 0.0753. The van der Waals surface area contributed by atoms with Crippen LogP contribution in [0.2, 0.25) is 5.28 Å². The fourth-order valence-corrected chi connectivity index (χ4v) is 14.5. The molecule has 0 amide bonds. The molecule has 15 heteroatoms. The van der Waals surface area contributed by atoms with Gasteiger partial charge in [-0.3, -0.25) is 0 Å². The van der Waals surface area contributed by atoms with Crippen LogP contribution in [0.15, 0.2) is 321 Å². The topological polar surface area (TPSA) is 148 Å². The van der Waals surface area contributed by atoms with Crippen molar-refractivity contribution >= 4 is 157 Å². The SMILES string of the molecule is C.CC1(C)OB(c2ccc3c(ccc4c5ccccc5oc34)c2)OC1(C)C.Clc1nc(-c2cccc(-c3ccccc3)c2)nc(-c2ccc3c(c2)oc2ccccc23)n1.I.c1ccc(-c2cccc(-c3nc(-c4ccc5c(ccc6c7ccccc7oc56)c4)nc(-c4ccc5c(c4)oc4ccccc45)n3)c2)cc1. The standard InChI is InChI=1S/C43H25N3O2.C27H16ClN3O.C22H21BO3.CH4.HI/c1-2-9-26(10-3-1)27-11-8-12-29(23-27)41-44-42(46-43(45-41)31-19-21-35-33-13-4-6-15-37(33)47-39(35)25-31)30-18-20-32-28(24-30)17-22-36-34-14-5-7-16-38(34)48-40(32)36;28-27-30-25(19-10-6-9-18(15-19)17-7-2-1-3-8-17)29-26(31-27)20-13-14-22-21-11-4-5-12-23(21)32-24(22)16-20;1-21(2)22(3,4)26-23(25-21)15-10-12-16-14(13-15)9-11-18-17-7-5-6-8-19(17)24-20(16)18;;/h1-25H;1-16H;5-13H,1-4H3;1H4;1H. The van der Waals surface area contributed by atoms with Gasteiger partial charge in [0, 0.05) is 81.7 Å². The lowest BCUT2D eigenvalue weighted by Crippen LogP contribution is -2.41. The zero-order valence-corrected chi connectivity index (χ0v) is 61.5. The van der Waals surface area contributed by atoms with E-state index in [0.717, 1.165) is 165 Å². The van der Waals surface area contributed by atoms with Crippen LogP contribution in [0.3, 0.4) is 0 Å². The van der Waals surface area contributed by atoms with Gasteiger partial charge >= 0.3 is 7.12 Å². The Bertz CT molecular complexity index is 6840. The van der Waals surface area contributed by atoms with Gasteiger partial charge in [0.05, 0.1) is 11.2 Å². The van der Waals surface area contributed by atoms with Crippen LogP contribution in [-0.2, 0) is 9.31 Å². The molecule has 1 saturated heterocycles. The lowest BCUT2D eigenvalue weighted by molar-refractivity contribution is 0.00578. The van der Waals surface area contributed by atoms with Gasteiger partial charge in [-0.1, -0.05) is 226 Å². The molecule has 522 valence electrons. The summed E-state index contributed by atoms with van der Waals surface area (Å²) in [5.74, 6) is 2.81. The molecule has 0 atom stereocenters. The minimum atomic E-state index is -0.351. The van der Waals surface area contributed by atoms with Crippen LogP contribution in [-0.4, -0.2) is 48.2 Å². The summed E-state index contributed by atoms with van der Waals surface area (Å²) in [6.07, 6.45) is 0. The summed E-state index contributed by atoms with van der Waals surface area (Å²) in [6, 6.07) is 103. The first-order valence-electron chi connectivity index (χ1n) is 35.2. The monoisotopic (exact) mass is 1540 g/mol. The number of aromatic nitrogens is 6. The summed E-state index contributed by atoms with van der Waals surface area (Å²) >= 11 is 6.30. The third kappa shape index (κ3) is 12.6. The van der Waals surface area contributed by atoms with Crippen LogP contribution >= 0.6 is 35.6 Å². The number of hydrogen-bond donors (Lipinski definition) is 0. The summed E-state index contributed by atoms with van der Waals surface area (Å²) in [6.45, 7) is 8.30. The molecular weight excluding hydrogens is 1470 g/mol. The molecule has 7 heterocycles. The van der Waals surface area contributed by atoms with Gasteiger partial charge in [0.2, 0.25) is 5.28 Å². The van der Waals surface area contributed by atoms with Gasteiger partial charge in [-0.25, -0.2) is 19.9 Å². The number of rotatable bonds is 8. The molecule has 0 aliphatic carbocycles. The van der Waals surface area contributed by atoms with E-state index in [2.05, 4.69) is 195 Å². The lowest BCUT2D eigenvalue weighted by atomic mass is 9.78. The molecule has 0 bridgehead atoms. The maximum atomic E-state index is 6.32. The number of halogens is 2. The van der Waals surface area contributed by atoms with Crippen molar-refractivity contribution < 1.29 is 27.0 Å². The van der Waals surface area contributed by atoms with E-state index in [1.165, 1.54) is 0 Å². The Morgan fingerprint density at radius 3 is 1.02 bits per heavy atom. The number of para-hydroxylation sites is 4. The van der Waals surface area contributed by atoms with Gasteiger partial charge < -0.3 is 27.0 Å². The predicted molar refractivity (Wildman–Crippen MR) is 451 cm³/mol. The van der Waals surface area contributed by atoms with Crippen LogP contribution in [0, 0.1) is 0 Å². The first kappa shape index (κ1) is 68.9. The van der Waals surface area contributed by atoms with E-state index < -0.39 is 0 Å². The Kier molecular flexibility index (Phi) is 17.8. The molecule has 0 saturated carbocycles. The van der Waals surface area contributed by atoms with E-state index in [4.69, 9.17) is 58.5 Å². The summed E-state index contributed by atoms with van der Waals surface area (Å²) in [7, 11) is -0.351. The molecule has 0 spiro atoms. The number of benzene rings is 14. The summed E-state index contributed by atoms with van der Waals surface area (Å²) in [5.41, 5.74) is 16.1. The zero-order valence-electron chi connectivity index (χ0n) is 58.4. The van der Waals surface area contributed by atoms with Crippen molar-refractivity contribution in [2.45, 2.75) is 46.3 Å². The van der Waals surface area contributed by atoms with Crippen molar-refractivity contribution in [1.82, 2.24) is 29.9 Å². The Morgan fingerprint density at radius 1 is 0.259 bits per heavy atom. The first-order valence-corrected chi connectivity index (χ1v) is 35.6. The van der Waals surface area contributed by atoms with Crippen LogP contribution in [0.4, 0.5) is 0 Å². The first-order chi connectivity index (χ1) is 51.8. The van der Waals surface area contributed by atoms with E-state index in [-0.39, 0.29) is 55.0 Å². The highest BCUT2D eigenvalue weighted by Gasteiger charge is 2.51. The van der Waals surface area contributed by atoms with Crippen LogP contribution in [0.1, 0.15) is 35.1 Å². The van der Waals surface area contributed by atoms with Crippen molar-refractivity contribution in [3.05, 3.63) is 309 Å². The molecule has 0 radical (unpaired) electrons. The highest BCUT2D eigenvalue weighted by Crippen LogP contribution is 2.41. The lowest BCUT2D eigenvalue weighted by Gasteiger charge is -2.32. The molecule has 108 heavy (non-hydrogen) atoms. The maximum absolute atomic E-state index is 6.32. The van der Waals surface area contributed by atoms with Gasteiger partial charge in [0.25, 0.3) is 0 Å². The third-order valence-corrected chi connectivity index (χ3v) is 20.7. The second kappa shape index (κ2) is 27.9. The highest BCUT2D eigenvalue weighted by atomic mass is 127. The quantitative estimate of drug-likeness (QED) is 0.105. The van der Waals surface area contributed by atoms with Crippen molar-refractivity contribution in [3.63, 3.8) is 0 Å². The molecule has 1 aliphatic rings. The smallest absolute Gasteiger partial charge is 0.456 e. The molecule has 1 aliphatic heterocycles. The van der Waals surface area contributed by atoms with Crippen LogP contribution in [0.25, 0.3) is 188 Å². The zero-order chi connectivity index (χ0) is 71.2. The van der Waals surface area contributed by atoms with E-state index in [9.17, 15) is 0 Å². The molecular formula is C93H67BClIN6O6. The molecule has 0 unspecified atom stereocenters. The maximum Gasteiger partial charge on any atom is 0.494 e. The molecule has 21 rings (SSSR count). The van der Waals surface area contributed by atoms with E-state index in [0.29, 0.717) is 29.1 Å². The van der Waals surface area contributed by atoms with Crippen molar-refractivity contribution in [3.8, 4) is 79.2 Å². The van der Waals surface area contributed by atoms with Crippen LogP contribution < -0.4 is 5.46 Å². The number of hydrogen-bond acceptors (Lipinski definition) is 12. The summed E-state index contributed by atoms with van der Waals surface area (Å²) in [4.78, 5) is 28.6. The largest absolute Gasteiger partial charge is 0.494 e. The van der Waals surface area contributed by atoms with Crippen molar-refractivity contribution in [1.29, 1.82) is 0 Å². The number of fused-ring (bicyclic) bond motifs is 16. The fourth-order valence-electron chi connectivity index (χ4n) is 14.3. The second-order valence-corrected chi connectivity index (χ2v) is 28.0. The van der Waals surface area contributed by atoms with Gasteiger partial charge in [-0.15, -0.1) is 24.0 Å². The Morgan fingerprint density at radius 2 is 0.574 bits per heavy atom. The van der Waals surface area contributed by atoms with Crippen molar-refractivity contribution in [2.24, 2.45) is 0 Å². The van der Waals surface area contributed by atoms with Gasteiger partial charge in [-0.2, -0.15) is 9.97 Å². The Hall–Kier alpha value is -12.2. The molecule has 6 aromatic heterocycles. The highest BCUT2D eigenvalue weighted by molar-refractivity contribution is 14.0. The minimum Gasteiger partial charge on any atom is -0.456 e. The Balaban J connectivity index is 0.000000124. The second-order valence-electron chi connectivity index (χ2n) is 27.7. The molecule has 20 aromatic rings. The molecule has 1 fully saturated rings. The normalized spacial score (nSPS) is 13.1. The number of furan rings is 4. The van der Waals surface area contributed by atoms with Crippen molar-refractivity contribution in [2.75, 3.05) is 0 Å². The molecule has 14 aromatic carbocycles. The molecule has 0 N–H and O–H groups in total. The van der Waals surface area contributed by atoms with E-state index in [1.807, 2.05) is 146 Å². The van der Waals surface area contributed by atoms with Gasteiger partial charge in [0.15, 0.2) is 29.1 Å². The van der Waals surface area contributed by atoms with Crippen LogP contribution in [0.5, 0.6) is 0 Å². The predicted octanol–water partition coefficient (Wildman–Crippen LogP) is 25.2. The third-order valence-electron chi connectivity index (χ3n) is 20.5. The van der Waals surface area contributed by atoms with Gasteiger partial charge in [-0.05, 0) is 163 Å². The Labute approximate surface area is 643 Å². The van der Waals surface area contributed by atoms with Gasteiger partial charge in [0.1, 0.15) is 44.7 Å². The average Bonchev–Trinajstić information content (AvgIpc) is 1.72. The minimum absolute atomic E-state index is 0.